The van der Waals surface area contributed by atoms with Crippen LogP contribution in [-0.2, 0) is 4.74 Å². The molecule has 3 heterocycles. The van der Waals surface area contributed by atoms with E-state index in [1.54, 1.807) is 51.4 Å². The van der Waals surface area contributed by atoms with Crippen LogP contribution in [0.3, 0.4) is 0 Å². The molecule has 2 aromatic heterocycles. The van der Waals surface area contributed by atoms with E-state index in [0.29, 0.717) is 22.7 Å². The number of alkyl halides is 1. The Balaban J connectivity index is 1.71. The molecule has 3 rings (SSSR count). The summed E-state index contributed by atoms with van der Waals surface area (Å²) in [7, 11) is 0. The first-order valence-corrected chi connectivity index (χ1v) is 9.66. The first-order valence-electron chi connectivity index (χ1n) is 9.66. The van der Waals surface area contributed by atoms with E-state index in [1.165, 1.54) is 11.1 Å². The fourth-order valence-corrected chi connectivity index (χ4v) is 2.99. The molecule has 1 saturated heterocycles. The minimum Gasteiger partial charge on any atom is -0.489 e. The predicted octanol–water partition coefficient (Wildman–Crippen LogP) is 3.18. The zero-order valence-electron chi connectivity index (χ0n) is 17.3. The zero-order valence-corrected chi connectivity index (χ0v) is 17.3. The van der Waals surface area contributed by atoms with Crippen molar-refractivity contribution in [2.75, 3.05) is 18.9 Å². The van der Waals surface area contributed by atoms with Gasteiger partial charge in [0.1, 0.15) is 24.1 Å². The van der Waals surface area contributed by atoms with Gasteiger partial charge in [-0.15, -0.1) is 0 Å². The fraction of sp³-hybridized carbons (Fsp3) is 0.409. The Bertz CT molecular complexity index is 965. The normalized spacial score (nSPS) is 18.5. The van der Waals surface area contributed by atoms with Crippen LogP contribution in [0, 0.1) is 11.8 Å². The number of likely N-dealkylation sites (tertiary alicyclic amines) is 1. The minimum atomic E-state index is -1.12. The number of aromatic nitrogens is 2. The van der Waals surface area contributed by atoms with Crippen LogP contribution in [-0.4, -0.2) is 51.9 Å². The highest BCUT2D eigenvalue weighted by Gasteiger charge is 2.38. The summed E-state index contributed by atoms with van der Waals surface area (Å²) in [6.45, 7) is 5.41. The molecule has 1 fully saturated rings. The average Bonchev–Trinajstić information content (AvgIpc) is 3.06. The Morgan fingerprint density at radius 3 is 2.87 bits per heavy atom. The van der Waals surface area contributed by atoms with E-state index in [2.05, 4.69) is 21.8 Å². The molecule has 158 valence electrons. The third kappa shape index (κ3) is 5.60. The number of pyridine rings is 2. The van der Waals surface area contributed by atoms with Crippen LogP contribution in [0.1, 0.15) is 38.4 Å². The van der Waals surface area contributed by atoms with Gasteiger partial charge in [0.25, 0.3) is 0 Å². The van der Waals surface area contributed by atoms with Gasteiger partial charge in [0.15, 0.2) is 5.75 Å². The van der Waals surface area contributed by atoms with Crippen LogP contribution in [0.5, 0.6) is 5.75 Å². The highest BCUT2D eigenvalue weighted by Crippen LogP contribution is 2.25. The van der Waals surface area contributed by atoms with Crippen molar-refractivity contribution in [1.82, 2.24) is 14.9 Å². The molecule has 0 saturated carbocycles. The summed E-state index contributed by atoms with van der Waals surface area (Å²) in [4.78, 5) is 22.0. The molecular formula is C22H25FN4O3. The molecule has 1 amide bonds. The number of hydrogen-bond donors (Lipinski definition) is 1. The molecule has 2 aromatic rings. The molecule has 0 aromatic carbocycles. The lowest BCUT2D eigenvalue weighted by Gasteiger charge is -2.28. The molecule has 0 aliphatic carbocycles. The van der Waals surface area contributed by atoms with Gasteiger partial charge in [-0.1, -0.05) is 5.92 Å². The van der Waals surface area contributed by atoms with Crippen LogP contribution in [0.4, 0.5) is 14.9 Å². The second-order valence-electron chi connectivity index (χ2n) is 7.99. The van der Waals surface area contributed by atoms with Crippen molar-refractivity contribution in [2.45, 2.75) is 45.0 Å². The second kappa shape index (κ2) is 8.99. The first-order chi connectivity index (χ1) is 14.2. The van der Waals surface area contributed by atoms with Crippen molar-refractivity contribution < 1.29 is 18.7 Å². The van der Waals surface area contributed by atoms with E-state index < -0.39 is 23.9 Å². The topological polar surface area (TPSA) is 90.6 Å². The molecule has 8 heteroatoms. The highest BCUT2D eigenvalue weighted by molar-refractivity contribution is 5.69. The number of ether oxygens (including phenoxy) is 2. The number of carbonyl (C=O) groups excluding carboxylic acids is 1. The molecule has 7 nitrogen and oxygen atoms in total. The van der Waals surface area contributed by atoms with Crippen molar-refractivity contribution in [3.8, 4) is 17.6 Å². The fourth-order valence-electron chi connectivity index (χ4n) is 2.99. The summed E-state index contributed by atoms with van der Waals surface area (Å²) >= 11 is 0. The van der Waals surface area contributed by atoms with E-state index >= 15 is 0 Å². The number of carbonyl (C=O) groups is 1. The minimum absolute atomic E-state index is 0.0123. The van der Waals surface area contributed by atoms with Crippen LogP contribution >= 0.6 is 0 Å². The third-order valence-corrected chi connectivity index (χ3v) is 4.36. The van der Waals surface area contributed by atoms with E-state index in [4.69, 9.17) is 15.2 Å². The Morgan fingerprint density at radius 2 is 2.13 bits per heavy atom. The summed E-state index contributed by atoms with van der Waals surface area (Å²) in [5.41, 5.74) is 6.75. The molecule has 1 aliphatic heterocycles. The Kier molecular flexibility index (Phi) is 6.40. The quantitative estimate of drug-likeness (QED) is 0.779. The molecule has 2 N–H and O–H groups in total. The number of nitrogen functional groups attached to an aromatic ring is 1. The predicted molar refractivity (Wildman–Crippen MR) is 111 cm³/mol. The van der Waals surface area contributed by atoms with Gasteiger partial charge in [-0.25, -0.2) is 14.2 Å². The van der Waals surface area contributed by atoms with Gasteiger partial charge in [-0.05, 0) is 44.9 Å². The lowest BCUT2D eigenvalue weighted by Crippen LogP contribution is -2.42. The van der Waals surface area contributed by atoms with Crippen molar-refractivity contribution in [2.24, 2.45) is 0 Å². The van der Waals surface area contributed by atoms with E-state index in [0.717, 1.165) is 0 Å². The maximum absolute atomic E-state index is 14.0. The van der Waals surface area contributed by atoms with Gasteiger partial charge in [-0.2, -0.15) is 0 Å². The van der Waals surface area contributed by atoms with Crippen LogP contribution in [0.2, 0.25) is 0 Å². The summed E-state index contributed by atoms with van der Waals surface area (Å²) in [5.74, 6) is 6.34. The highest BCUT2D eigenvalue weighted by atomic mass is 19.1. The molecule has 0 unspecified atom stereocenters. The van der Waals surface area contributed by atoms with Gasteiger partial charge >= 0.3 is 6.09 Å². The van der Waals surface area contributed by atoms with Gasteiger partial charge < -0.3 is 15.2 Å². The van der Waals surface area contributed by atoms with Crippen molar-refractivity contribution >= 4 is 11.8 Å². The number of halogens is 1. The standard InChI is InChI=1S/C22H25FN4O3/c1-22(2,3)30-21(28)27-13-16(23)11-17(27)14-29-20-12-25-10-8-15(20)6-7-19-18(24)5-4-9-26-19/h4-5,8-10,12,16-17H,11,13-14,24H2,1-3H3/t16-,17-/m0/s1. The summed E-state index contributed by atoms with van der Waals surface area (Å²) < 4.78 is 25.3. The average molecular weight is 412 g/mol. The molecule has 0 bridgehead atoms. The van der Waals surface area contributed by atoms with Crippen LogP contribution in [0.25, 0.3) is 0 Å². The molecule has 30 heavy (non-hydrogen) atoms. The molecule has 2 atom stereocenters. The number of rotatable bonds is 3. The molecular weight excluding hydrogens is 387 g/mol. The molecule has 0 spiro atoms. The van der Waals surface area contributed by atoms with Crippen LogP contribution < -0.4 is 10.5 Å². The van der Waals surface area contributed by atoms with Gasteiger partial charge in [-0.3, -0.25) is 9.88 Å². The number of amides is 1. The largest absolute Gasteiger partial charge is 0.489 e. The lowest BCUT2D eigenvalue weighted by atomic mass is 10.2. The SMILES string of the molecule is CC(C)(C)OC(=O)N1C[C@@H](F)C[C@H]1COc1cnccc1C#Cc1ncccc1N. The van der Waals surface area contributed by atoms with Gasteiger partial charge in [0.2, 0.25) is 0 Å². The van der Waals surface area contributed by atoms with Crippen molar-refractivity contribution in [3.63, 3.8) is 0 Å². The van der Waals surface area contributed by atoms with E-state index in [1.807, 2.05) is 0 Å². The number of nitrogens with two attached hydrogens (primary N) is 1. The summed E-state index contributed by atoms with van der Waals surface area (Å²) in [6, 6.07) is 4.72. The smallest absolute Gasteiger partial charge is 0.410 e. The molecule has 1 aliphatic rings. The Hall–Kier alpha value is -3.34. The monoisotopic (exact) mass is 412 g/mol. The van der Waals surface area contributed by atoms with Crippen molar-refractivity contribution in [3.05, 3.63) is 48.0 Å². The number of anilines is 1. The maximum Gasteiger partial charge on any atom is 0.410 e. The lowest BCUT2D eigenvalue weighted by molar-refractivity contribution is 0.0181. The van der Waals surface area contributed by atoms with Crippen LogP contribution in [0.15, 0.2) is 36.8 Å². The maximum atomic E-state index is 14.0. The van der Waals surface area contributed by atoms with Gasteiger partial charge in [0, 0.05) is 18.8 Å². The third-order valence-electron chi connectivity index (χ3n) is 4.36. The van der Waals surface area contributed by atoms with E-state index in [-0.39, 0.29) is 19.6 Å². The van der Waals surface area contributed by atoms with Crippen molar-refractivity contribution in [1.29, 1.82) is 0 Å². The van der Waals surface area contributed by atoms with E-state index in [9.17, 15) is 9.18 Å². The molecule has 0 radical (unpaired) electrons. The first kappa shape index (κ1) is 21.4. The number of hydrogen-bond acceptors (Lipinski definition) is 6. The summed E-state index contributed by atoms with van der Waals surface area (Å²) in [6.07, 6.45) is 3.26. The Morgan fingerprint density at radius 1 is 1.33 bits per heavy atom. The Labute approximate surface area is 175 Å². The zero-order chi connectivity index (χ0) is 21.7. The second-order valence-corrected chi connectivity index (χ2v) is 7.99. The van der Waals surface area contributed by atoms with Gasteiger partial charge in [0.05, 0.1) is 30.0 Å². The summed E-state index contributed by atoms with van der Waals surface area (Å²) in [5, 5.41) is 0. The number of nitrogens with zero attached hydrogens (tertiary/aromatic N) is 3.